The Morgan fingerprint density at radius 1 is 1.30 bits per heavy atom. The maximum absolute atomic E-state index is 5.85. The molecule has 3 rings (SSSR count). The van der Waals surface area contributed by atoms with Crippen molar-refractivity contribution >= 4 is 0 Å². The van der Waals surface area contributed by atoms with Crippen molar-refractivity contribution in [2.24, 2.45) is 0 Å². The van der Waals surface area contributed by atoms with Gasteiger partial charge in [0.25, 0.3) is 0 Å². The summed E-state index contributed by atoms with van der Waals surface area (Å²) in [6.45, 7) is 6.25. The number of benzene rings is 1. The van der Waals surface area contributed by atoms with Crippen molar-refractivity contribution < 1.29 is 9.47 Å². The summed E-state index contributed by atoms with van der Waals surface area (Å²) < 4.78 is 13.1. The highest BCUT2D eigenvalue weighted by Gasteiger charge is 2.32. The third-order valence-electron chi connectivity index (χ3n) is 4.26. The summed E-state index contributed by atoms with van der Waals surface area (Å²) in [5.74, 6) is 2.18. The summed E-state index contributed by atoms with van der Waals surface area (Å²) in [4.78, 5) is 4.76. The van der Waals surface area contributed by atoms with Crippen LogP contribution in [0.2, 0.25) is 0 Å². The molecule has 0 saturated carbocycles. The highest BCUT2D eigenvalue weighted by molar-refractivity contribution is 5.16. The van der Waals surface area contributed by atoms with Gasteiger partial charge < -0.3 is 9.47 Å². The van der Waals surface area contributed by atoms with E-state index >= 15 is 0 Å². The van der Waals surface area contributed by atoms with Gasteiger partial charge in [0.15, 0.2) is 5.82 Å². The van der Waals surface area contributed by atoms with Gasteiger partial charge in [0.1, 0.15) is 12.4 Å². The van der Waals surface area contributed by atoms with E-state index in [0.29, 0.717) is 12.5 Å². The molecule has 2 aromatic rings. The molecule has 1 fully saturated rings. The van der Waals surface area contributed by atoms with E-state index in [4.69, 9.17) is 14.5 Å². The van der Waals surface area contributed by atoms with Crippen molar-refractivity contribution in [3.8, 4) is 0 Å². The quantitative estimate of drug-likeness (QED) is 0.850. The van der Waals surface area contributed by atoms with Gasteiger partial charge in [-0.15, -0.1) is 0 Å². The maximum atomic E-state index is 5.85. The number of methoxy groups -OCH3 is 1. The first kappa shape index (κ1) is 16.1. The highest BCUT2D eigenvalue weighted by Crippen LogP contribution is 2.35. The minimum absolute atomic E-state index is 0.103. The lowest BCUT2D eigenvalue weighted by Crippen LogP contribution is -2.34. The van der Waals surface area contributed by atoms with Gasteiger partial charge in [-0.3, -0.25) is 0 Å². The number of nitrogens with zero attached hydrogens (tertiary/aromatic N) is 3. The Kier molecular flexibility index (Phi) is 4.78. The predicted octanol–water partition coefficient (Wildman–Crippen LogP) is 3.15. The first-order valence-corrected chi connectivity index (χ1v) is 8.18. The number of hydrogen-bond donors (Lipinski definition) is 0. The second-order valence-corrected chi connectivity index (χ2v) is 6.76. The molecule has 1 aliphatic rings. The van der Waals surface area contributed by atoms with Crippen molar-refractivity contribution in [1.29, 1.82) is 0 Å². The van der Waals surface area contributed by atoms with Crippen LogP contribution in [-0.2, 0) is 22.6 Å². The molecule has 1 aliphatic heterocycles. The smallest absolute Gasteiger partial charge is 0.176 e. The van der Waals surface area contributed by atoms with E-state index in [1.807, 2.05) is 10.7 Å². The molecule has 0 spiro atoms. The number of rotatable bonds is 5. The van der Waals surface area contributed by atoms with Crippen LogP contribution in [-0.4, -0.2) is 34.1 Å². The van der Waals surface area contributed by atoms with Gasteiger partial charge in [0.05, 0.1) is 12.1 Å². The minimum atomic E-state index is -0.103. The molecule has 0 bridgehead atoms. The van der Waals surface area contributed by atoms with E-state index in [1.165, 1.54) is 5.56 Å². The Hall–Kier alpha value is -1.72. The Labute approximate surface area is 137 Å². The van der Waals surface area contributed by atoms with Crippen molar-refractivity contribution in [3.63, 3.8) is 0 Å². The lowest BCUT2D eigenvalue weighted by molar-refractivity contribution is -0.0607. The van der Waals surface area contributed by atoms with Crippen molar-refractivity contribution in [2.75, 3.05) is 13.7 Å². The summed E-state index contributed by atoms with van der Waals surface area (Å²) in [5, 5.41) is 4.66. The molecule has 23 heavy (non-hydrogen) atoms. The molecule has 1 aromatic heterocycles. The lowest BCUT2D eigenvalue weighted by Gasteiger charge is -2.35. The van der Waals surface area contributed by atoms with Crippen LogP contribution >= 0.6 is 0 Å². The third kappa shape index (κ3) is 3.98. The lowest BCUT2D eigenvalue weighted by atomic mass is 9.88. The maximum Gasteiger partial charge on any atom is 0.176 e. The Balaban J connectivity index is 1.88. The van der Waals surface area contributed by atoms with Crippen molar-refractivity contribution in [1.82, 2.24) is 14.8 Å². The second-order valence-electron chi connectivity index (χ2n) is 6.76. The zero-order valence-electron chi connectivity index (χ0n) is 14.2. The number of hydrogen-bond acceptors (Lipinski definition) is 4. The predicted molar refractivity (Wildman–Crippen MR) is 88.3 cm³/mol. The third-order valence-corrected chi connectivity index (χ3v) is 4.26. The van der Waals surface area contributed by atoms with Gasteiger partial charge in [0.2, 0.25) is 0 Å². The molecule has 0 amide bonds. The van der Waals surface area contributed by atoms with Crippen LogP contribution in [0.3, 0.4) is 0 Å². The normalized spacial score (nSPS) is 20.6. The van der Waals surface area contributed by atoms with E-state index in [0.717, 1.165) is 37.6 Å². The van der Waals surface area contributed by atoms with Crippen LogP contribution in [0.5, 0.6) is 0 Å². The molecule has 5 nitrogen and oxygen atoms in total. The molecule has 5 heteroatoms. The van der Waals surface area contributed by atoms with Gasteiger partial charge >= 0.3 is 0 Å². The van der Waals surface area contributed by atoms with Crippen LogP contribution in [0.1, 0.15) is 49.8 Å². The average molecular weight is 315 g/mol. The van der Waals surface area contributed by atoms with Gasteiger partial charge in [-0.2, -0.15) is 5.10 Å². The Bertz CT molecular complexity index is 637. The molecule has 0 aliphatic carbocycles. The molecule has 1 aromatic carbocycles. The zero-order chi connectivity index (χ0) is 16.3. The average Bonchev–Trinajstić information content (AvgIpc) is 2.90. The van der Waals surface area contributed by atoms with Crippen LogP contribution < -0.4 is 0 Å². The van der Waals surface area contributed by atoms with Gasteiger partial charge in [0, 0.05) is 19.6 Å². The van der Waals surface area contributed by atoms with Crippen molar-refractivity contribution in [3.05, 3.63) is 47.5 Å². The van der Waals surface area contributed by atoms with Crippen LogP contribution in [0.4, 0.5) is 0 Å². The molecule has 0 N–H and O–H groups in total. The van der Waals surface area contributed by atoms with Crippen LogP contribution in [0.15, 0.2) is 30.3 Å². The summed E-state index contributed by atoms with van der Waals surface area (Å²) in [6.07, 6.45) is 1.95. The van der Waals surface area contributed by atoms with E-state index in [2.05, 4.69) is 43.2 Å². The fourth-order valence-electron chi connectivity index (χ4n) is 3.22. The van der Waals surface area contributed by atoms with Crippen LogP contribution in [0.25, 0.3) is 0 Å². The molecule has 124 valence electrons. The molecular formula is C18H25N3O2. The Morgan fingerprint density at radius 3 is 2.78 bits per heavy atom. The highest BCUT2D eigenvalue weighted by atomic mass is 16.5. The summed E-state index contributed by atoms with van der Waals surface area (Å²) in [5.41, 5.74) is 1.13. The summed E-state index contributed by atoms with van der Waals surface area (Å²) >= 11 is 0. The molecule has 2 heterocycles. The van der Waals surface area contributed by atoms with Gasteiger partial charge in [-0.05, 0) is 32.3 Å². The zero-order valence-corrected chi connectivity index (χ0v) is 14.2. The molecule has 0 radical (unpaired) electrons. The van der Waals surface area contributed by atoms with Gasteiger partial charge in [-0.1, -0.05) is 30.3 Å². The van der Waals surface area contributed by atoms with E-state index in [9.17, 15) is 0 Å². The standard InChI is InChI=1S/C18H25N3O2/c1-18(2)11-15(9-10-23-18)17-19-16(13-22-3)20-21(17)12-14-7-5-4-6-8-14/h4-8,15H,9-13H2,1-3H3/t15-/m0/s1. The first-order valence-electron chi connectivity index (χ1n) is 8.18. The SMILES string of the molecule is COCc1nc([C@H]2CCOC(C)(C)C2)n(Cc2ccccc2)n1. The first-order chi connectivity index (χ1) is 11.1. The van der Waals surface area contributed by atoms with E-state index in [1.54, 1.807) is 7.11 Å². The molecule has 0 unspecified atom stereocenters. The molecular weight excluding hydrogens is 290 g/mol. The summed E-state index contributed by atoms with van der Waals surface area (Å²) in [6, 6.07) is 10.4. The van der Waals surface area contributed by atoms with Crippen LogP contribution in [0, 0.1) is 0 Å². The fourth-order valence-corrected chi connectivity index (χ4v) is 3.22. The van der Waals surface area contributed by atoms with Crippen molar-refractivity contribution in [2.45, 2.75) is 51.4 Å². The fraction of sp³-hybridized carbons (Fsp3) is 0.556. The molecule has 1 saturated heterocycles. The largest absolute Gasteiger partial charge is 0.377 e. The number of ether oxygens (including phenoxy) is 2. The van der Waals surface area contributed by atoms with E-state index in [-0.39, 0.29) is 5.60 Å². The number of aromatic nitrogens is 3. The molecule has 1 atom stereocenters. The monoisotopic (exact) mass is 315 g/mol. The second kappa shape index (κ2) is 6.81. The van der Waals surface area contributed by atoms with Gasteiger partial charge in [-0.25, -0.2) is 9.67 Å². The topological polar surface area (TPSA) is 49.2 Å². The minimum Gasteiger partial charge on any atom is -0.377 e. The summed E-state index contributed by atoms with van der Waals surface area (Å²) in [7, 11) is 1.68. The Morgan fingerprint density at radius 2 is 2.09 bits per heavy atom. The van der Waals surface area contributed by atoms with E-state index < -0.39 is 0 Å².